The average Bonchev–Trinajstić information content (AvgIpc) is 2.64. The molecule has 0 saturated heterocycles. The summed E-state index contributed by atoms with van der Waals surface area (Å²) in [4.78, 5) is 0. The fourth-order valence-corrected chi connectivity index (χ4v) is 3.67. The van der Waals surface area contributed by atoms with E-state index in [2.05, 4.69) is 79.0 Å². The number of benzene rings is 3. The van der Waals surface area contributed by atoms with E-state index in [9.17, 15) is 0 Å². The highest BCUT2D eigenvalue weighted by atomic mass is 14.9. The van der Waals surface area contributed by atoms with E-state index in [1.54, 1.807) is 0 Å². The third-order valence-corrected chi connectivity index (χ3v) is 5.08. The maximum absolute atomic E-state index is 3.44. The quantitative estimate of drug-likeness (QED) is 0.725. The summed E-state index contributed by atoms with van der Waals surface area (Å²) in [5.74, 6) is 0. The van der Waals surface area contributed by atoms with Gasteiger partial charge in [-0.2, -0.15) is 0 Å². The van der Waals surface area contributed by atoms with Crippen molar-refractivity contribution in [2.24, 2.45) is 0 Å². The van der Waals surface area contributed by atoms with Gasteiger partial charge in [0, 0.05) is 6.54 Å². The Bertz CT molecular complexity index is 849. The molecule has 1 nitrogen and oxygen atoms in total. The van der Waals surface area contributed by atoms with Crippen molar-refractivity contribution in [2.45, 2.75) is 26.3 Å². The largest absolute Gasteiger partial charge is 0.312 e. The Kier molecular flexibility index (Phi) is 4.18. The average molecular weight is 313 g/mol. The van der Waals surface area contributed by atoms with Crippen LogP contribution in [0.15, 0.2) is 66.7 Å². The van der Waals surface area contributed by atoms with Gasteiger partial charge in [0.25, 0.3) is 0 Å². The van der Waals surface area contributed by atoms with Crippen molar-refractivity contribution in [1.29, 1.82) is 0 Å². The van der Waals surface area contributed by atoms with Crippen LogP contribution >= 0.6 is 0 Å². The SMILES string of the molecule is Cc1c(Cc2ccc3c(c2)CCNC3)cccc1-c1ccccc1. The Labute approximate surface area is 144 Å². The Morgan fingerprint density at radius 2 is 1.75 bits per heavy atom. The molecule has 1 heterocycles. The fourth-order valence-electron chi connectivity index (χ4n) is 3.67. The van der Waals surface area contributed by atoms with Crippen molar-refractivity contribution in [1.82, 2.24) is 5.32 Å². The molecule has 0 atom stereocenters. The Morgan fingerprint density at radius 1 is 0.875 bits per heavy atom. The summed E-state index contributed by atoms with van der Waals surface area (Å²) in [5, 5.41) is 3.44. The third kappa shape index (κ3) is 3.00. The molecule has 1 aliphatic rings. The summed E-state index contributed by atoms with van der Waals surface area (Å²) >= 11 is 0. The lowest BCUT2D eigenvalue weighted by molar-refractivity contribution is 0.643. The molecule has 24 heavy (non-hydrogen) atoms. The van der Waals surface area contributed by atoms with Crippen LogP contribution in [0.3, 0.4) is 0 Å². The molecule has 3 aromatic carbocycles. The Balaban J connectivity index is 1.66. The summed E-state index contributed by atoms with van der Waals surface area (Å²) < 4.78 is 0. The monoisotopic (exact) mass is 313 g/mol. The van der Waals surface area contributed by atoms with Gasteiger partial charge in [-0.3, -0.25) is 0 Å². The second kappa shape index (κ2) is 6.62. The second-order valence-electron chi connectivity index (χ2n) is 6.66. The molecule has 3 aromatic rings. The van der Waals surface area contributed by atoms with Gasteiger partial charge in [-0.1, -0.05) is 66.7 Å². The van der Waals surface area contributed by atoms with Gasteiger partial charge in [0.1, 0.15) is 0 Å². The molecule has 4 rings (SSSR count). The van der Waals surface area contributed by atoms with Crippen molar-refractivity contribution >= 4 is 0 Å². The first kappa shape index (κ1) is 15.2. The standard InChI is InChI=1S/C23H23N/c1-17-20(8-5-9-23(17)19-6-3-2-4-7-19)14-18-10-11-22-16-24-13-12-21(22)15-18/h2-11,15,24H,12-14,16H2,1H3. The summed E-state index contributed by atoms with van der Waals surface area (Å²) in [6.07, 6.45) is 2.15. The number of hydrogen-bond donors (Lipinski definition) is 1. The van der Waals surface area contributed by atoms with Gasteiger partial charge >= 0.3 is 0 Å². The first-order chi connectivity index (χ1) is 11.8. The van der Waals surface area contributed by atoms with E-state index >= 15 is 0 Å². The predicted octanol–water partition coefficient (Wildman–Crippen LogP) is 4.90. The first-order valence-electron chi connectivity index (χ1n) is 8.76. The highest BCUT2D eigenvalue weighted by Gasteiger charge is 2.11. The smallest absolute Gasteiger partial charge is 0.0208 e. The first-order valence-corrected chi connectivity index (χ1v) is 8.76. The van der Waals surface area contributed by atoms with Crippen LogP contribution in [0.1, 0.15) is 27.8 Å². The van der Waals surface area contributed by atoms with E-state index in [-0.39, 0.29) is 0 Å². The van der Waals surface area contributed by atoms with Gasteiger partial charge in [0.15, 0.2) is 0 Å². The molecule has 0 spiro atoms. The molecular formula is C23H23N. The minimum atomic E-state index is 1.01. The van der Waals surface area contributed by atoms with Crippen LogP contribution in [0.4, 0.5) is 0 Å². The highest BCUT2D eigenvalue weighted by molar-refractivity contribution is 5.68. The molecule has 1 aliphatic heterocycles. The lowest BCUT2D eigenvalue weighted by Gasteiger charge is -2.18. The fraction of sp³-hybridized carbons (Fsp3) is 0.217. The lowest BCUT2D eigenvalue weighted by atomic mass is 9.91. The van der Waals surface area contributed by atoms with Crippen LogP contribution in [0, 0.1) is 6.92 Å². The van der Waals surface area contributed by atoms with Crippen molar-refractivity contribution in [3.05, 3.63) is 94.5 Å². The van der Waals surface area contributed by atoms with E-state index in [1.165, 1.54) is 38.9 Å². The van der Waals surface area contributed by atoms with Crippen LogP contribution in [-0.4, -0.2) is 6.54 Å². The van der Waals surface area contributed by atoms with Gasteiger partial charge in [-0.25, -0.2) is 0 Å². The van der Waals surface area contributed by atoms with Crippen LogP contribution in [0.5, 0.6) is 0 Å². The number of rotatable bonds is 3. The molecule has 0 radical (unpaired) electrons. The van der Waals surface area contributed by atoms with E-state index in [0.29, 0.717) is 0 Å². The van der Waals surface area contributed by atoms with Gasteiger partial charge in [0.05, 0.1) is 0 Å². The van der Waals surface area contributed by atoms with Gasteiger partial charge in [-0.05, 0) is 65.3 Å². The molecule has 0 bridgehead atoms. The lowest BCUT2D eigenvalue weighted by Crippen LogP contribution is -2.23. The van der Waals surface area contributed by atoms with E-state index in [1.807, 2.05) is 0 Å². The van der Waals surface area contributed by atoms with E-state index < -0.39 is 0 Å². The van der Waals surface area contributed by atoms with Crippen molar-refractivity contribution in [3.8, 4) is 11.1 Å². The number of fused-ring (bicyclic) bond motifs is 1. The molecular weight excluding hydrogens is 290 g/mol. The molecule has 0 aromatic heterocycles. The Morgan fingerprint density at radius 3 is 2.62 bits per heavy atom. The minimum absolute atomic E-state index is 1.01. The zero-order valence-corrected chi connectivity index (χ0v) is 14.2. The maximum atomic E-state index is 3.44. The van der Waals surface area contributed by atoms with Crippen LogP contribution in [-0.2, 0) is 19.4 Å². The normalized spacial score (nSPS) is 13.5. The molecule has 0 fully saturated rings. The highest BCUT2D eigenvalue weighted by Crippen LogP contribution is 2.27. The van der Waals surface area contributed by atoms with Gasteiger partial charge in [0.2, 0.25) is 0 Å². The van der Waals surface area contributed by atoms with Crippen LogP contribution in [0.25, 0.3) is 11.1 Å². The van der Waals surface area contributed by atoms with Crippen LogP contribution in [0.2, 0.25) is 0 Å². The molecule has 120 valence electrons. The summed E-state index contributed by atoms with van der Waals surface area (Å²) in [6, 6.07) is 24.4. The van der Waals surface area contributed by atoms with Crippen molar-refractivity contribution in [2.75, 3.05) is 6.54 Å². The summed E-state index contributed by atoms with van der Waals surface area (Å²) in [5.41, 5.74) is 9.85. The molecule has 0 amide bonds. The van der Waals surface area contributed by atoms with Crippen molar-refractivity contribution < 1.29 is 0 Å². The third-order valence-electron chi connectivity index (χ3n) is 5.08. The summed E-state index contributed by atoms with van der Waals surface area (Å²) in [6.45, 7) is 4.36. The topological polar surface area (TPSA) is 12.0 Å². The Hall–Kier alpha value is -2.38. The number of nitrogens with one attached hydrogen (secondary N) is 1. The molecule has 1 heteroatoms. The van der Waals surface area contributed by atoms with Gasteiger partial charge < -0.3 is 5.32 Å². The zero-order chi connectivity index (χ0) is 16.4. The molecule has 0 saturated carbocycles. The van der Waals surface area contributed by atoms with Gasteiger partial charge in [-0.15, -0.1) is 0 Å². The maximum Gasteiger partial charge on any atom is 0.0208 e. The predicted molar refractivity (Wildman–Crippen MR) is 101 cm³/mol. The van der Waals surface area contributed by atoms with Crippen molar-refractivity contribution in [3.63, 3.8) is 0 Å². The van der Waals surface area contributed by atoms with Crippen LogP contribution < -0.4 is 5.32 Å². The second-order valence-corrected chi connectivity index (χ2v) is 6.66. The minimum Gasteiger partial charge on any atom is -0.312 e. The molecule has 1 N–H and O–H groups in total. The molecule has 0 unspecified atom stereocenters. The zero-order valence-electron chi connectivity index (χ0n) is 14.2. The van der Waals surface area contributed by atoms with E-state index in [0.717, 1.165) is 25.9 Å². The molecule has 0 aliphatic carbocycles. The number of hydrogen-bond acceptors (Lipinski definition) is 1. The van der Waals surface area contributed by atoms with E-state index in [4.69, 9.17) is 0 Å². The summed E-state index contributed by atoms with van der Waals surface area (Å²) in [7, 11) is 0.